The molecule has 0 amide bonds. The molecule has 0 radical (unpaired) electrons. The van der Waals surface area contributed by atoms with E-state index in [9.17, 15) is 5.11 Å². The zero-order chi connectivity index (χ0) is 18.4. The van der Waals surface area contributed by atoms with Crippen LogP contribution in [0.3, 0.4) is 0 Å². The SMILES string of the molecule is CCNC(=NCC1CCCC1O)NC1CCN(c2cccc(C)n2)CC1.I. The summed E-state index contributed by atoms with van der Waals surface area (Å²) < 4.78 is 0. The summed E-state index contributed by atoms with van der Waals surface area (Å²) in [4.78, 5) is 11.7. The molecule has 1 saturated carbocycles. The normalized spacial score (nSPS) is 23.8. The summed E-state index contributed by atoms with van der Waals surface area (Å²) in [6.45, 7) is 7.71. The number of hydrogen-bond donors (Lipinski definition) is 3. The molecular formula is C20H34IN5O. The summed E-state index contributed by atoms with van der Waals surface area (Å²) in [6.07, 6.45) is 5.11. The second-order valence-corrected chi connectivity index (χ2v) is 7.52. The fraction of sp³-hybridized carbons (Fsp3) is 0.700. The van der Waals surface area contributed by atoms with Gasteiger partial charge >= 0.3 is 0 Å². The molecule has 2 atom stereocenters. The third-order valence-corrected chi connectivity index (χ3v) is 5.48. The number of pyridine rings is 1. The van der Waals surface area contributed by atoms with E-state index in [0.717, 1.165) is 69.2 Å². The number of aromatic nitrogens is 1. The zero-order valence-electron chi connectivity index (χ0n) is 16.5. The van der Waals surface area contributed by atoms with Gasteiger partial charge in [0, 0.05) is 43.8 Å². The molecule has 2 aliphatic rings. The monoisotopic (exact) mass is 487 g/mol. The number of aliphatic imine (C=N–C) groups is 1. The first kappa shape index (κ1) is 22.2. The lowest BCUT2D eigenvalue weighted by atomic mass is 10.1. The van der Waals surface area contributed by atoms with Gasteiger partial charge in [-0.15, -0.1) is 24.0 Å². The molecule has 152 valence electrons. The van der Waals surface area contributed by atoms with Crippen molar-refractivity contribution in [2.24, 2.45) is 10.9 Å². The first-order valence-electron chi connectivity index (χ1n) is 10.1. The van der Waals surface area contributed by atoms with Crippen LogP contribution in [-0.2, 0) is 0 Å². The van der Waals surface area contributed by atoms with Crippen molar-refractivity contribution in [2.75, 3.05) is 31.1 Å². The van der Waals surface area contributed by atoms with Crippen molar-refractivity contribution < 1.29 is 5.11 Å². The number of halogens is 1. The number of aryl methyl sites for hydroxylation is 1. The zero-order valence-corrected chi connectivity index (χ0v) is 18.9. The Balaban J connectivity index is 0.00000261. The molecule has 0 bridgehead atoms. The Kier molecular flexibility index (Phi) is 9.08. The van der Waals surface area contributed by atoms with E-state index in [1.165, 1.54) is 0 Å². The van der Waals surface area contributed by atoms with Crippen LogP contribution in [0.15, 0.2) is 23.2 Å². The Morgan fingerprint density at radius 3 is 2.67 bits per heavy atom. The standard InChI is InChI=1S/C20H33N5O.HI/c1-3-21-20(22-14-16-7-5-8-18(16)26)24-17-10-12-25(13-11-17)19-9-4-6-15(2)23-19;/h4,6,9,16-18,26H,3,5,7-8,10-14H2,1-2H3,(H2,21,22,24);1H. The maximum absolute atomic E-state index is 9.99. The number of anilines is 1. The Labute approximate surface area is 180 Å². The predicted molar refractivity (Wildman–Crippen MR) is 122 cm³/mol. The van der Waals surface area contributed by atoms with Crippen molar-refractivity contribution in [2.45, 2.75) is 58.1 Å². The van der Waals surface area contributed by atoms with Crippen LogP contribution in [0.1, 0.15) is 44.7 Å². The van der Waals surface area contributed by atoms with E-state index >= 15 is 0 Å². The molecule has 0 aromatic carbocycles. The van der Waals surface area contributed by atoms with Crippen LogP contribution in [0.5, 0.6) is 0 Å². The predicted octanol–water partition coefficient (Wildman–Crippen LogP) is 2.69. The van der Waals surface area contributed by atoms with Crippen molar-refractivity contribution in [3.05, 3.63) is 23.9 Å². The third-order valence-electron chi connectivity index (χ3n) is 5.48. The lowest BCUT2D eigenvalue weighted by Gasteiger charge is -2.34. The van der Waals surface area contributed by atoms with E-state index in [2.05, 4.69) is 39.6 Å². The lowest BCUT2D eigenvalue weighted by molar-refractivity contribution is 0.136. The van der Waals surface area contributed by atoms with Crippen molar-refractivity contribution in [1.29, 1.82) is 0 Å². The second kappa shape index (κ2) is 11.0. The minimum Gasteiger partial charge on any atom is -0.393 e. The van der Waals surface area contributed by atoms with Gasteiger partial charge in [0.15, 0.2) is 5.96 Å². The fourth-order valence-electron chi connectivity index (χ4n) is 3.91. The Morgan fingerprint density at radius 2 is 2.04 bits per heavy atom. The van der Waals surface area contributed by atoms with E-state index < -0.39 is 0 Å². The number of nitrogens with zero attached hydrogens (tertiary/aromatic N) is 3. The minimum absolute atomic E-state index is 0. The molecule has 3 rings (SSSR count). The smallest absolute Gasteiger partial charge is 0.191 e. The maximum Gasteiger partial charge on any atom is 0.191 e. The quantitative estimate of drug-likeness (QED) is 0.339. The average molecular weight is 487 g/mol. The molecule has 1 aliphatic heterocycles. The van der Waals surface area contributed by atoms with Gasteiger partial charge < -0.3 is 20.6 Å². The number of piperidine rings is 1. The van der Waals surface area contributed by atoms with Crippen molar-refractivity contribution in [3.63, 3.8) is 0 Å². The molecule has 0 spiro atoms. The Hall–Kier alpha value is -1.09. The van der Waals surface area contributed by atoms with Crippen LogP contribution < -0.4 is 15.5 Å². The average Bonchev–Trinajstić information content (AvgIpc) is 3.05. The van der Waals surface area contributed by atoms with Gasteiger partial charge in [0.25, 0.3) is 0 Å². The van der Waals surface area contributed by atoms with Crippen LogP contribution in [0.2, 0.25) is 0 Å². The molecule has 27 heavy (non-hydrogen) atoms. The highest BCUT2D eigenvalue weighted by molar-refractivity contribution is 14.0. The molecule has 7 heteroatoms. The summed E-state index contributed by atoms with van der Waals surface area (Å²) in [7, 11) is 0. The summed E-state index contributed by atoms with van der Waals surface area (Å²) >= 11 is 0. The third kappa shape index (κ3) is 6.48. The van der Waals surface area contributed by atoms with Crippen LogP contribution in [0.25, 0.3) is 0 Å². The Bertz CT molecular complexity index is 604. The van der Waals surface area contributed by atoms with E-state index in [1.54, 1.807) is 0 Å². The molecule has 2 heterocycles. The van der Waals surface area contributed by atoms with E-state index in [1.807, 2.05) is 13.0 Å². The minimum atomic E-state index is -0.174. The summed E-state index contributed by atoms with van der Waals surface area (Å²) in [5.41, 5.74) is 1.07. The van der Waals surface area contributed by atoms with E-state index in [0.29, 0.717) is 18.5 Å². The first-order valence-corrected chi connectivity index (χ1v) is 10.1. The molecule has 1 aromatic rings. The molecule has 2 unspecified atom stereocenters. The van der Waals surface area contributed by atoms with E-state index in [-0.39, 0.29) is 30.1 Å². The van der Waals surface area contributed by atoms with Crippen molar-refractivity contribution >= 4 is 35.8 Å². The fourth-order valence-corrected chi connectivity index (χ4v) is 3.91. The van der Waals surface area contributed by atoms with Gasteiger partial charge in [-0.05, 0) is 51.7 Å². The van der Waals surface area contributed by atoms with Crippen LogP contribution in [0.4, 0.5) is 5.82 Å². The van der Waals surface area contributed by atoms with Gasteiger partial charge in [-0.2, -0.15) is 0 Å². The van der Waals surface area contributed by atoms with Crippen LogP contribution >= 0.6 is 24.0 Å². The number of nitrogens with one attached hydrogen (secondary N) is 2. The number of aliphatic hydroxyl groups is 1. The molecule has 3 N–H and O–H groups in total. The molecule has 2 fully saturated rings. The molecule has 1 saturated heterocycles. The molecule has 1 aromatic heterocycles. The highest BCUT2D eigenvalue weighted by atomic mass is 127. The topological polar surface area (TPSA) is 72.8 Å². The Morgan fingerprint density at radius 1 is 1.26 bits per heavy atom. The van der Waals surface area contributed by atoms with Crippen molar-refractivity contribution in [1.82, 2.24) is 15.6 Å². The highest BCUT2D eigenvalue weighted by Crippen LogP contribution is 2.25. The summed E-state index contributed by atoms with van der Waals surface area (Å²) in [6, 6.07) is 6.65. The second-order valence-electron chi connectivity index (χ2n) is 7.52. The number of guanidine groups is 1. The van der Waals surface area contributed by atoms with Crippen LogP contribution in [0, 0.1) is 12.8 Å². The van der Waals surface area contributed by atoms with Gasteiger partial charge in [-0.3, -0.25) is 4.99 Å². The summed E-state index contributed by atoms with van der Waals surface area (Å²) in [5, 5.41) is 16.9. The summed E-state index contributed by atoms with van der Waals surface area (Å²) in [5.74, 6) is 2.29. The largest absolute Gasteiger partial charge is 0.393 e. The first-order chi connectivity index (χ1) is 12.7. The van der Waals surface area contributed by atoms with Gasteiger partial charge in [-0.1, -0.05) is 12.5 Å². The van der Waals surface area contributed by atoms with Gasteiger partial charge in [0.05, 0.1) is 6.10 Å². The maximum atomic E-state index is 9.99. The highest BCUT2D eigenvalue weighted by Gasteiger charge is 2.25. The number of hydrogen-bond acceptors (Lipinski definition) is 4. The van der Waals surface area contributed by atoms with Crippen LogP contribution in [-0.4, -0.2) is 54.4 Å². The lowest BCUT2D eigenvalue weighted by Crippen LogP contribution is -2.49. The van der Waals surface area contributed by atoms with Gasteiger partial charge in [0.2, 0.25) is 0 Å². The molecule has 6 nitrogen and oxygen atoms in total. The van der Waals surface area contributed by atoms with E-state index in [4.69, 9.17) is 4.99 Å². The van der Waals surface area contributed by atoms with Gasteiger partial charge in [-0.25, -0.2) is 4.98 Å². The number of aliphatic hydroxyl groups excluding tert-OH is 1. The molecular weight excluding hydrogens is 453 g/mol. The van der Waals surface area contributed by atoms with Gasteiger partial charge in [0.1, 0.15) is 5.82 Å². The van der Waals surface area contributed by atoms with Crippen molar-refractivity contribution in [3.8, 4) is 0 Å². The number of rotatable bonds is 5. The molecule has 1 aliphatic carbocycles.